The molecule has 0 fully saturated rings. The Bertz CT molecular complexity index is 1350. The summed E-state index contributed by atoms with van der Waals surface area (Å²) < 4.78 is 47.2. The zero-order chi connectivity index (χ0) is 23.9. The fourth-order valence-electron chi connectivity index (χ4n) is 3.72. The van der Waals surface area contributed by atoms with Crippen LogP contribution in [0.25, 0.3) is 17.0 Å². The van der Waals surface area contributed by atoms with Crippen LogP contribution in [0.15, 0.2) is 58.5 Å². The van der Waals surface area contributed by atoms with Gasteiger partial charge >= 0.3 is 12.1 Å². The van der Waals surface area contributed by atoms with E-state index in [1.807, 2.05) is 0 Å². The number of thiophene rings is 1. The standard InChI is InChI=1S/C23H17F3N2O4S/c1-12-10-14(13(2)28(12)17-7-4-3-6-16(17)23(24,25)26)20(29)27-21-19(22(30)31)15(11-33-21)18-8-5-9-32-18/h3-11H,1-2H3,(H,27,29)(H,30,31). The minimum Gasteiger partial charge on any atom is -0.478 e. The molecule has 0 spiro atoms. The number of alkyl halides is 3. The van der Waals surface area contributed by atoms with Gasteiger partial charge in [0.1, 0.15) is 16.3 Å². The molecular weight excluding hydrogens is 457 g/mol. The van der Waals surface area contributed by atoms with E-state index in [0.717, 1.165) is 17.4 Å². The molecule has 0 aliphatic carbocycles. The predicted octanol–water partition coefficient (Wildman–Crippen LogP) is 6.38. The Balaban J connectivity index is 1.73. The quantitative estimate of drug-likeness (QED) is 0.351. The lowest BCUT2D eigenvalue weighted by atomic mass is 10.1. The van der Waals surface area contributed by atoms with Gasteiger partial charge in [-0.25, -0.2) is 4.79 Å². The number of carboxylic acids is 1. The highest BCUT2D eigenvalue weighted by molar-refractivity contribution is 7.15. The predicted molar refractivity (Wildman–Crippen MR) is 117 cm³/mol. The number of anilines is 1. The molecule has 6 nitrogen and oxygen atoms in total. The van der Waals surface area contributed by atoms with Gasteiger partial charge in [0.2, 0.25) is 0 Å². The van der Waals surface area contributed by atoms with Gasteiger partial charge in [-0.05, 0) is 44.2 Å². The van der Waals surface area contributed by atoms with Crippen molar-refractivity contribution < 1.29 is 32.3 Å². The maximum atomic E-state index is 13.5. The first kappa shape index (κ1) is 22.4. The van der Waals surface area contributed by atoms with Crippen LogP contribution in [0.1, 0.15) is 37.7 Å². The Hall–Kier alpha value is -3.79. The number of nitrogens with one attached hydrogen (secondary N) is 1. The number of hydrogen-bond donors (Lipinski definition) is 2. The maximum absolute atomic E-state index is 13.5. The molecule has 3 heterocycles. The first-order valence-electron chi connectivity index (χ1n) is 9.65. The molecule has 1 amide bonds. The van der Waals surface area contributed by atoms with Crippen molar-refractivity contribution in [1.82, 2.24) is 4.57 Å². The molecule has 1 aromatic carbocycles. The first-order valence-corrected chi connectivity index (χ1v) is 10.5. The van der Waals surface area contributed by atoms with Gasteiger partial charge in [-0.2, -0.15) is 13.2 Å². The molecule has 0 aliphatic rings. The highest BCUT2D eigenvalue weighted by atomic mass is 32.1. The number of nitrogens with zero attached hydrogens (tertiary/aromatic N) is 1. The number of carbonyl (C=O) groups excluding carboxylic acids is 1. The number of carboxylic acid groups (broad SMARTS) is 1. The highest BCUT2D eigenvalue weighted by Gasteiger charge is 2.34. The molecule has 33 heavy (non-hydrogen) atoms. The number of amides is 1. The lowest BCUT2D eigenvalue weighted by Crippen LogP contribution is -2.15. The molecular formula is C23H17F3N2O4S. The molecule has 0 saturated carbocycles. The van der Waals surface area contributed by atoms with Crippen LogP contribution in [0.3, 0.4) is 0 Å². The van der Waals surface area contributed by atoms with Crippen LogP contribution in [0, 0.1) is 13.8 Å². The van der Waals surface area contributed by atoms with Gasteiger partial charge in [0.25, 0.3) is 5.91 Å². The summed E-state index contributed by atoms with van der Waals surface area (Å²) in [7, 11) is 0. The highest BCUT2D eigenvalue weighted by Crippen LogP contribution is 2.37. The third-order valence-corrected chi connectivity index (χ3v) is 6.04. The number of furan rings is 1. The van der Waals surface area contributed by atoms with Crippen molar-refractivity contribution >= 4 is 28.2 Å². The summed E-state index contributed by atoms with van der Waals surface area (Å²) in [4.78, 5) is 24.9. The summed E-state index contributed by atoms with van der Waals surface area (Å²) in [6.45, 7) is 3.13. The molecule has 4 rings (SSSR count). The molecule has 0 radical (unpaired) electrons. The van der Waals surface area contributed by atoms with Crippen molar-refractivity contribution in [2.24, 2.45) is 0 Å². The molecule has 0 aliphatic heterocycles. The second kappa shape index (κ2) is 8.28. The smallest absolute Gasteiger partial charge is 0.418 e. The van der Waals surface area contributed by atoms with Gasteiger partial charge in [0.15, 0.2) is 0 Å². The number of aryl methyl sites for hydroxylation is 1. The van der Waals surface area contributed by atoms with Crippen LogP contribution >= 0.6 is 11.3 Å². The number of halogens is 3. The zero-order valence-corrected chi connectivity index (χ0v) is 18.2. The summed E-state index contributed by atoms with van der Waals surface area (Å²) in [6.07, 6.45) is -3.16. The van der Waals surface area contributed by atoms with E-state index in [4.69, 9.17) is 4.42 Å². The Morgan fingerprint density at radius 1 is 1.12 bits per heavy atom. The second-order valence-electron chi connectivity index (χ2n) is 7.23. The molecule has 0 unspecified atom stereocenters. The van der Waals surface area contributed by atoms with Gasteiger partial charge in [-0.3, -0.25) is 4.79 Å². The molecule has 3 aromatic heterocycles. The topological polar surface area (TPSA) is 84.5 Å². The normalized spacial score (nSPS) is 11.5. The minimum absolute atomic E-state index is 0.0958. The van der Waals surface area contributed by atoms with Crippen molar-refractivity contribution in [2.75, 3.05) is 5.32 Å². The average molecular weight is 474 g/mol. The van der Waals surface area contributed by atoms with Crippen molar-refractivity contribution in [3.8, 4) is 17.0 Å². The monoisotopic (exact) mass is 474 g/mol. The number of rotatable bonds is 5. The molecule has 0 bridgehead atoms. The summed E-state index contributed by atoms with van der Waals surface area (Å²) in [5.41, 5.74) is 0.122. The van der Waals surface area contributed by atoms with Crippen LogP contribution in [0.5, 0.6) is 0 Å². The third kappa shape index (κ3) is 4.05. The SMILES string of the molecule is Cc1cc(C(=O)Nc2scc(-c3ccco3)c2C(=O)O)c(C)n1-c1ccccc1C(F)(F)F. The van der Waals surface area contributed by atoms with Crippen LogP contribution in [0.4, 0.5) is 18.2 Å². The Morgan fingerprint density at radius 3 is 2.48 bits per heavy atom. The van der Waals surface area contributed by atoms with E-state index >= 15 is 0 Å². The van der Waals surface area contributed by atoms with Crippen LogP contribution in [0.2, 0.25) is 0 Å². The van der Waals surface area contributed by atoms with E-state index in [0.29, 0.717) is 22.7 Å². The zero-order valence-electron chi connectivity index (χ0n) is 17.4. The molecule has 4 aromatic rings. The summed E-state index contributed by atoms with van der Waals surface area (Å²) in [5.74, 6) is -1.54. The summed E-state index contributed by atoms with van der Waals surface area (Å²) in [5, 5.41) is 13.9. The Kier molecular flexibility index (Phi) is 5.62. The Labute approximate surface area is 189 Å². The summed E-state index contributed by atoms with van der Waals surface area (Å²) in [6, 6.07) is 9.80. The molecule has 2 N–H and O–H groups in total. The molecule has 10 heteroatoms. The lowest BCUT2D eigenvalue weighted by molar-refractivity contribution is -0.137. The minimum atomic E-state index is -4.57. The summed E-state index contributed by atoms with van der Waals surface area (Å²) >= 11 is 1.02. The molecule has 170 valence electrons. The Morgan fingerprint density at radius 2 is 1.85 bits per heavy atom. The fourth-order valence-corrected chi connectivity index (χ4v) is 4.65. The fraction of sp³-hybridized carbons (Fsp3) is 0.130. The average Bonchev–Trinajstić information content (AvgIpc) is 3.46. The molecule has 0 saturated heterocycles. The van der Waals surface area contributed by atoms with Crippen molar-refractivity contribution in [3.63, 3.8) is 0 Å². The number of para-hydroxylation sites is 1. The largest absolute Gasteiger partial charge is 0.478 e. The van der Waals surface area contributed by atoms with E-state index in [1.54, 1.807) is 24.4 Å². The van der Waals surface area contributed by atoms with Crippen LogP contribution < -0.4 is 5.32 Å². The van der Waals surface area contributed by atoms with E-state index in [1.165, 1.54) is 42.0 Å². The maximum Gasteiger partial charge on any atom is 0.418 e. The first-order chi connectivity index (χ1) is 15.6. The van der Waals surface area contributed by atoms with Gasteiger partial charge in [-0.1, -0.05) is 12.1 Å². The second-order valence-corrected chi connectivity index (χ2v) is 8.10. The van der Waals surface area contributed by atoms with Gasteiger partial charge < -0.3 is 19.4 Å². The van der Waals surface area contributed by atoms with E-state index < -0.39 is 23.6 Å². The van der Waals surface area contributed by atoms with Crippen molar-refractivity contribution in [3.05, 3.63) is 82.2 Å². The van der Waals surface area contributed by atoms with Crippen LogP contribution in [-0.2, 0) is 6.18 Å². The van der Waals surface area contributed by atoms with Crippen LogP contribution in [-0.4, -0.2) is 21.6 Å². The van der Waals surface area contributed by atoms with Gasteiger partial charge in [0, 0.05) is 22.3 Å². The molecule has 0 atom stereocenters. The van der Waals surface area contributed by atoms with E-state index in [-0.39, 0.29) is 21.8 Å². The number of benzene rings is 1. The van der Waals surface area contributed by atoms with Crippen molar-refractivity contribution in [2.45, 2.75) is 20.0 Å². The third-order valence-electron chi connectivity index (χ3n) is 5.14. The number of hydrogen-bond acceptors (Lipinski definition) is 4. The number of aromatic nitrogens is 1. The van der Waals surface area contributed by atoms with Gasteiger partial charge in [-0.15, -0.1) is 11.3 Å². The van der Waals surface area contributed by atoms with Gasteiger partial charge in [0.05, 0.1) is 23.1 Å². The number of aromatic carboxylic acids is 1. The lowest BCUT2D eigenvalue weighted by Gasteiger charge is -2.16. The van der Waals surface area contributed by atoms with E-state index in [9.17, 15) is 27.9 Å². The van der Waals surface area contributed by atoms with E-state index in [2.05, 4.69) is 5.32 Å². The number of carbonyl (C=O) groups is 2. The van der Waals surface area contributed by atoms with Crippen molar-refractivity contribution in [1.29, 1.82) is 0 Å².